The number of rotatable bonds is 6. The van der Waals surface area contributed by atoms with Crippen molar-refractivity contribution in [3.63, 3.8) is 0 Å². The van der Waals surface area contributed by atoms with Crippen LogP contribution in [0.3, 0.4) is 0 Å². The molecule has 1 aromatic carbocycles. The van der Waals surface area contributed by atoms with Crippen molar-refractivity contribution in [3.8, 4) is 0 Å². The van der Waals surface area contributed by atoms with Crippen LogP contribution < -0.4 is 5.32 Å². The van der Waals surface area contributed by atoms with Gasteiger partial charge in [0.1, 0.15) is 11.6 Å². The third-order valence-electron chi connectivity index (χ3n) is 2.87. The lowest BCUT2D eigenvalue weighted by molar-refractivity contribution is 0.201. The van der Waals surface area contributed by atoms with E-state index in [1.807, 2.05) is 19.9 Å². The fourth-order valence-electron chi connectivity index (χ4n) is 1.80. The second-order valence-corrected chi connectivity index (χ2v) is 5.53. The zero-order valence-corrected chi connectivity index (χ0v) is 12.6. The van der Waals surface area contributed by atoms with Crippen molar-refractivity contribution in [3.05, 3.63) is 35.4 Å². The Balaban J connectivity index is 2.06. The van der Waals surface area contributed by atoms with E-state index in [9.17, 15) is 4.39 Å². The topological polar surface area (TPSA) is 47.0 Å². The maximum Gasteiger partial charge on any atom is 0.207 e. The predicted octanol–water partition coefficient (Wildman–Crippen LogP) is 3.73. The first-order valence-corrected chi connectivity index (χ1v) is 7.25. The van der Waals surface area contributed by atoms with Crippen LogP contribution in [0.25, 0.3) is 0 Å². The van der Waals surface area contributed by atoms with Gasteiger partial charge in [-0.1, -0.05) is 19.9 Å². The van der Waals surface area contributed by atoms with Crippen LogP contribution in [0.2, 0.25) is 0 Å². The number of ether oxygens (including phenoxy) is 1. The Labute approximate surface area is 122 Å². The van der Waals surface area contributed by atoms with Crippen molar-refractivity contribution in [1.82, 2.24) is 9.36 Å². The standard InChI is InChI=1S/C14H18FN3OS/c1-9(2)11-5-4-10(8-12(11)15)16-14-17-13(18-20-14)6-7-19-3/h4-5,8-9H,6-7H2,1-3H3,(H,16,17,18). The van der Waals surface area contributed by atoms with E-state index in [1.165, 1.54) is 17.6 Å². The van der Waals surface area contributed by atoms with Gasteiger partial charge in [0.25, 0.3) is 0 Å². The van der Waals surface area contributed by atoms with Crippen LogP contribution in [0.5, 0.6) is 0 Å². The van der Waals surface area contributed by atoms with Crippen LogP contribution in [-0.4, -0.2) is 23.1 Å². The largest absolute Gasteiger partial charge is 0.384 e. The van der Waals surface area contributed by atoms with Crippen LogP contribution >= 0.6 is 11.5 Å². The number of methoxy groups -OCH3 is 1. The van der Waals surface area contributed by atoms with E-state index >= 15 is 0 Å². The molecule has 0 atom stereocenters. The maximum atomic E-state index is 13.9. The molecule has 1 heterocycles. The quantitative estimate of drug-likeness (QED) is 0.882. The number of anilines is 2. The highest BCUT2D eigenvalue weighted by Gasteiger charge is 2.09. The van der Waals surface area contributed by atoms with E-state index in [1.54, 1.807) is 13.2 Å². The minimum atomic E-state index is -0.200. The number of hydrogen-bond donors (Lipinski definition) is 1. The highest BCUT2D eigenvalue weighted by Crippen LogP contribution is 2.24. The molecule has 108 valence electrons. The molecule has 1 aromatic heterocycles. The van der Waals surface area contributed by atoms with E-state index in [2.05, 4.69) is 14.7 Å². The second-order valence-electron chi connectivity index (χ2n) is 4.77. The molecule has 0 fully saturated rings. The van der Waals surface area contributed by atoms with Gasteiger partial charge < -0.3 is 10.1 Å². The molecular weight excluding hydrogens is 277 g/mol. The third-order valence-corrected chi connectivity index (χ3v) is 3.54. The van der Waals surface area contributed by atoms with Crippen LogP contribution in [0, 0.1) is 5.82 Å². The molecule has 20 heavy (non-hydrogen) atoms. The normalized spacial score (nSPS) is 11.1. The first-order valence-electron chi connectivity index (χ1n) is 6.48. The molecule has 1 N–H and O–H groups in total. The molecule has 0 amide bonds. The molecule has 0 unspecified atom stereocenters. The van der Waals surface area contributed by atoms with Crippen molar-refractivity contribution >= 4 is 22.4 Å². The van der Waals surface area contributed by atoms with E-state index in [4.69, 9.17) is 4.74 Å². The van der Waals surface area contributed by atoms with E-state index in [0.717, 1.165) is 5.82 Å². The van der Waals surface area contributed by atoms with Gasteiger partial charge in [-0.3, -0.25) is 0 Å². The highest BCUT2D eigenvalue weighted by atomic mass is 32.1. The summed E-state index contributed by atoms with van der Waals surface area (Å²) < 4.78 is 23.1. The second kappa shape index (κ2) is 6.76. The number of halogens is 1. The molecule has 2 rings (SSSR count). The lowest BCUT2D eigenvalue weighted by Crippen LogP contribution is -1.98. The number of aromatic nitrogens is 2. The number of benzene rings is 1. The van der Waals surface area contributed by atoms with Gasteiger partial charge in [-0.2, -0.15) is 4.37 Å². The molecule has 0 aliphatic heterocycles. The smallest absolute Gasteiger partial charge is 0.207 e. The summed E-state index contributed by atoms with van der Waals surface area (Å²) in [5, 5.41) is 3.73. The van der Waals surface area contributed by atoms with Gasteiger partial charge in [0.2, 0.25) is 5.13 Å². The summed E-state index contributed by atoms with van der Waals surface area (Å²) in [7, 11) is 1.64. The van der Waals surface area contributed by atoms with Crippen molar-refractivity contribution in [1.29, 1.82) is 0 Å². The predicted molar refractivity (Wildman–Crippen MR) is 79.3 cm³/mol. The minimum absolute atomic E-state index is 0.172. The lowest BCUT2D eigenvalue weighted by atomic mass is 10.0. The van der Waals surface area contributed by atoms with E-state index in [0.29, 0.717) is 29.4 Å². The van der Waals surface area contributed by atoms with Gasteiger partial charge in [-0.25, -0.2) is 9.37 Å². The average Bonchev–Trinajstić information content (AvgIpc) is 2.83. The molecular formula is C14H18FN3OS. The average molecular weight is 295 g/mol. The summed E-state index contributed by atoms with van der Waals surface area (Å²) >= 11 is 1.26. The summed E-state index contributed by atoms with van der Waals surface area (Å²) in [6.07, 6.45) is 0.676. The zero-order chi connectivity index (χ0) is 14.5. The molecule has 0 spiro atoms. The van der Waals surface area contributed by atoms with E-state index < -0.39 is 0 Å². The fraction of sp³-hybridized carbons (Fsp3) is 0.429. The molecule has 0 saturated carbocycles. The summed E-state index contributed by atoms with van der Waals surface area (Å²) in [5.74, 6) is 0.707. The summed E-state index contributed by atoms with van der Waals surface area (Å²) in [6, 6.07) is 5.15. The zero-order valence-electron chi connectivity index (χ0n) is 11.8. The Hall–Kier alpha value is -1.53. The van der Waals surface area contributed by atoms with Crippen molar-refractivity contribution in [2.24, 2.45) is 0 Å². The SMILES string of the molecule is COCCc1nsc(Nc2ccc(C(C)C)c(F)c2)n1. The van der Waals surface area contributed by atoms with Gasteiger partial charge in [0, 0.05) is 30.8 Å². The minimum Gasteiger partial charge on any atom is -0.384 e. The molecule has 4 nitrogen and oxygen atoms in total. The maximum absolute atomic E-state index is 13.9. The lowest BCUT2D eigenvalue weighted by Gasteiger charge is -2.09. The Morgan fingerprint density at radius 1 is 1.40 bits per heavy atom. The number of hydrogen-bond acceptors (Lipinski definition) is 5. The van der Waals surface area contributed by atoms with Gasteiger partial charge in [-0.15, -0.1) is 0 Å². The molecule has 0 aliphatic carbocycles. The molecule has 0 aliphatic rings. The van der Waals surface area contributed by atoms with Crippen LogP contribution in [0.4, 0.5) is 15.2 Å². The van der Waals surface area contributed by atoms with Gasteiger partial charge in [-0.05, 0) is 23.6 Å². The van der Waals surface area contributed by atoms with Crippen molar-refractivity contribution < 1.29 is 9.13 Å². The Bertz CT molecular complexity index is 571. The van der Waals surface area contributed by atoms with Gasteiger partial charge in [0.05, 0.1) is 6.61 Å². The Morgan fingerprint density at radius 3 is 2.85 bits per heavy atom. The monoisotopic (exact) mass is 295 g/mol. The first kappa shape index (κ1) is 14.9. The first-order chi connectivity index (χ1) is 9.60. The molecule has 0 radical (unpaired) electrons. The molecule has 2 aromatic rings. The molecule has 0 saturated heterocycles. The molecule has 6 heteroatoms. The number of nitrogens with zero attached hydrogens (tertiary/aromatic N) is 2. The Kier molecular flexibility index (Phi) is 5.03. The number of nitrogens with one attached hydrogen (secondary N) is 1. The third kappa shape index (κ3) is 3.74. The fourth-order valence-corrected chi connectivity index (χ4v) is 2.43. The van der Waals surface area contributed by atoms with Crippen LogP contribution in [0.1, 0.15) is 31.2 Å². The molecule has 0 bridgehead atoms. The van der Waals surface area contributed by atoms with E-state index in [-0.39, 0.29) is 11.7 Å². The summed E-state index contributed by atoms with van der Waals surface area (Å²) in [4.78, 5) is 4.32. The van der Waals surface area contributed by atoms with Crippen molar-refractivity contribution in [2.45, 2.75) is 26.2 Å². The van der Waals surface area contributed by atoms with Gasteiger partial charge in [0.15, 0.2) is 0 Å². The summed E-state index contributed by atoms with van der Waals surface area (Å²) in [6.45, 7) is 4.53. The van der Waals surface area contributed by atoms with Crippen LogP contribution in [-0.2, 0) is 11.2 Å². The van der Waals surface area contributed by atoms with Crippen molar-refractivity contribution in [2.75, 3.05) is 19.0 Å². The highest BCUT2D eigenvalue weighted by molar-refractivity contribution is 7.09. The van der Waals surface area contributed by atoms with Gasteiger partial charge >= 0.3 is 0 Å². The summed E-state index contributed by atoms with van der Waals surface area (Å²) in [5.41, 5.74) is 1.40. The van der Waals surface area contributed by atoms with Crippen LogP contribution in [0.15, 0.2) is 18.2 Å². The Morgan fingerprint density at radius 2 is 2.20 bits per heavy atom.